The Bertz CT molecular complexity index is 288. The first-order valence-electron chi connectivity index (χ1n) is 6.38. The summed E-state index contributed by atoms with van der Waals surface area (Å²) in [6, 6.07) is 0.212. The molecule has 1 aliphatic carbocycles. The van der Waals surface area contributed by atoms with Crippen LogP contribution in [-0.2, 0) is 4.79 Å². The predicted molar refractivity (Wildman–Crippen MR) is 73.4 cm³/mol. The van der Waals surface area contributed by atoms with Gasteiger partial charge in [0, 0.05) is 17.0 Å². The Balaban J connectivity index is 2.52. The van der Waals surface area contributed by atoms with Crippen LogP contribution in [0.4, 0.5) is 0 Å². The van der Waals surface area contributed by atoms with E-state index in [-0.39, 0.29) is 18.6 Å². The molecule has 1 rings (SSSR count). The molecule has 1 amide bonds. The van der Waals surface area contributed by atoms with E-state index in [1.807, 2.05) is 13.8 Å². The minimum atomic E-state index is -0.684. The van der Waals surface area contributed by atoms with Crippen LogP contribution in [0.1, 0.15) is 33.1 Å². The Morgan fingerprint density at radius 1 is 1.61 bits per heavy atom. The summed E-state index contributed by atoms with van der Waals surface area (Å²) in [5.41, 5.74) is 4.92. The van der Waals surface area contributed by atoms with Crippen molar-refractivity contribution in [1.29, 1.82) is 0 Å². The van der Waals surface area contributed by atoms with E-state index in [1.165, 1.54) is 0 Å². The van der Waals surface area contributed by atoms with Gasteiger partial charge in [-0.1, -0.05) is 0 Å². The van der Waals surface area contributed by atoms with Crippen LogP contribution in [0.5, 0.6) is 0 Å². The van der Waals surface area contributed by atoms with Crippen LogP contribution in [0, 0.1) is 0 Å². The maximum Gasteiger partial charge on any atom is 0.237 e. The number of rotatable bonds is 7. The van der Waals surface area contributed by atoms with E-state index in [2.05, 4.69) is 5.32 Å². The maximum absolute atomic E-state index is 11.7. The monoisotopic (exact) mass is 276 g/mol. The fourth-order valence-electron chi connectivity index (χ4n) is 2.42. The van der Waals surface area contributed by atoms with Gasteiger partial charge in [-0.3, -0.25) is 4.79 Å². The van der Waals surface area contributed by atoms with Crippen molar-refractivity contribution < 1.29 is 15.0 Å². The van der Waals surface area contributed by atoms with Crippen LogP contribution in [0.3, 0.4) is 0 Å². The summed E-state index contributed by atoms with van der Waals surface area (Å²) in [5, 5.41) is 21.7. The van der Waals surface area contributed by atoms with Crippen molar-refractivity contribution in [3.8, 4) is 0 Å². The molecule has 0 spiro atoms. The van der Waals surface area contributed by atoms with Gasteiger partial charge in [-0.25, -0.2) is 0 Å². The number of carbonyl (C=O) groups is 1. The van der Waals surface area contributed by atoms with E-state index in [0.717, 1.165) is 12.8 Å². The van der Waals surface area contributed by atoms with Gasteiger partial charge in [-0.2, -0.15) is 11.8 Å². The third-order valence-electron chi connectivity index (χ3n) is 3.24. The van der Waals surface area contributed by atoms with Gasteiger partial charge in [0.15, 0.2) is 0 Å². The fraction of sp³-hybridized carbons (Fsp3) is 0.917. The number of aliphatic hydroxyl groups excluding tert-OH is 2. The summed E-state index contributed by atoms with van der Waals surface area (Å²) in [7, 11) is 0. The first-order chi connectivity index (χ1) is 8.39. The highest BCUT2D eigenvalue weighted by molar-refractivity contribution is 7.99. The van der Waals surface area contributed by atoms with Gasteiger partial charge >= 0.3 is 0 Å². The van der Waals surface area contributed by atoms with E-state index in [1.54, 1.807) is 11.8 Å². The highest BCUT2D eigenvalue weighted by atomic mass is 32.2. The lowest BCUT2D eigenvalue weighted by atomic mass is 9.96. The number of nitrogens with two attached hydrogens (primary N) is 1. The zero-order chi connectivity index (χ0) is 13.8. The average Bonchev–Trinajstić information content (AvgIpc) is 2.70. The van der Waals surface area contributed by atoms with Gasteiger partial charge in [-0.05, 0) is 33.1 Å². The Kier molecular flexibility index (Phi) is 5.91. The molecule has 0 radical (unpaired) electrons. The van der Waals surface area contributed by atoms with E-state index >= 15 is 0 Å². The van der Waals surface area contributed by atoms with Crippen molar-refractivity contribution in [2.75, 3.05) is 12.4 Å². The smallest absolute Gasteiger partial charge is 0.237 e. The molecular formula is C12H24N2O3S. The molecule has 0 saturated heterocycles. The lowest BCUT2D eigenvalue weighted by Gasteiger charge is -2.29. The molecule has 0 bridgehead atoms. The summed E-state index contributed by atoms with van der Waals surface area (Å²) >= 11 is 1.61. The first-order valence-corrected chi connectivity index (χ1v) is 7.42. The van der Waals surface area contributed by atoms with Gasteiger partial charge in [-0.15, -0.1) is 0 Å². The van der Waals surface area contributed by atoms with Crippen molar-refractivity contribution in [2.24, 2.45) is 5.73 Å². The van der Waals surface area contributed by atoms with Crippen LogP contribution in [0.15, 0.2) is 0 Å². The highest BCUT2D eigenvalue weighted by Gasteiger charge is 2.44. The number of primary amides is 1. The minimum Gasteiger partial charge on any atom is -0.394 e. The van der Waals surface area contributed by atoms with E-state index in [4.69, 9.17) is 10.8 Å². The Morgan fingerprint density at radius 3 is 2.78 bits per heavy atom. The number of thioether (sulfide) groups is 1. The lowest BCUT2D eigenvalue weighted by molar-refractivity contribution is -0.124. The molecule has 0 aliphatic heterocycles. The predicted octanol–water partition coefficient (Wildman–Crippen LogP) is -0.153. The molecule has 0 aromatic heterocycles. The van der Waals surface area contributed by atoms with E-state index in [9.17, 15) is 9.90 Å². The minimum absolute atomic E-state index is 0.212. The summed E-state index contributed by atoms with van der Waals surface area (Å²) < 4.78 is 0. The number of hydrogen-bond donors (Lipinski definition) is 4. The Hall–Kier alpha value is -0.300. The summed E-state index contributed by atoms with van der Waals surface area (Å²) in [4.78, 5) is 11.7. The molecule has 18 heavy (non-hydrogen) atoms. The van der Waals surface area contributed by atoms with Crippen molar-refractivity contribution in [2.45, 2.75) is 56.0 Å². The van der Waals surface area contributed by atoms with Crippen molar-refractivity contribution in [3.05, 3.63) is 0 Å². The number of hydrogen-bond acceptors (Lipinski definition) is 5. The molecular weight excluding hydrogens is 252 g/mol. The van der Waals surface area contributed by atoms with Crippen molar-refractivity contribution >= 4 is 17.7 Å². The van der Waals surface area contributed by atoms with Crippen LogP contribution < -0.4 is 11.1 Å². The van der Waals surface area contributed by atoms with Crippen LogP contribution in [-0.4, -0.2) is 51.4 Å². The number of carbonyl (C=O) groups excluding carboxylic acids is 1. The summed E-state index contributed by atoms with van der Waals surface area (Å²) in [6.07, 6.45) is 1.67. The number of nitrogens with one attached hydrogen (secondary N) is 1. The SMILES string of the molecule is CC(C)NC1(C(N)=O)CCC(SCC(O)CO)C1. The van der Waals surface area contributed by atoms with E-state index in [0.29, 0.717) is 17.4 Å². The Morgan fingerprint density at radius 2 is 2.28 bits per heavy atom. The fourth-order valence-corrected chi connectivity index (χ4v) is 3.71. The molecule has 5 nitrogen and oxygen atoms in total. The molecule has 1 aliphatic rings. The summed E-state index contributed by atoms with van der Waals surface area (Å²) in [6.45, 7) is 3.78. The standard InChI is InChI=1S/C12H24N2O3S/c1-8(2)14-12(11(13)17)4-3-10(5-12)18-7-9(16)6-15/h8-10,14-16H,3-7H2,1-2H3,(H2,13,17). The second-order valence-electron chi connectivity index (χ2n) is 5.28. The topological polar surface area (TPSA) is 95.6 Å². The van der Waals surface area contributed by atoms with Crippen molar-refractivity contribution in [3.63, 3.8) is 0 Å². The van der Waals surface area contributed by atoms with E-state index < -0.39 is 11.6 Å². The maximum atomic E-state index is 11.7. The van der Waals surface area contributed by atoms with Crippen LogP contribution in [0.25, 0.3) is 0 Å². The van der Waals surface area contributed by atoms with Gasteiger partial charge in [0.2, 0.25) is 5.91 Å². The molecule has 5 N–H and O–H groups in total. The molecule has 3 atom stereocenters. The molecule has 1 fully saturated rings. The average molecular weight is 276 g/mol. The van der Waals surface area contributed by atoms with Gasteiger partial charge in [0.1, 0.15) is 0 Å². The molecule has 0 aromatic rings. The van der Waals surface area contributed by atoms with Gasteiger partial charge in [0.25, 0.3) is 0 Å². The van der Waals surface area contributed by atoms with Crippen molar-refractivity contribution in [1.82, 2.24) is 5.32 Å². The number of aliphatic hydroxyl groups is 2. The first kappa shape index (κ1) is 15.8. The molecule has 1 saturated carbocycles. The van der Waals surface area contributed by atoms with Gasteiger partial charge in [0.05, 0.1) is 18.2 Å². The molecule has 0 aromatic carbocycles. The molecule has 3 unspecified atom stereocenters. The third-order valence-corrected chi connectivity index (χ3v) is 4.69. The third kappa shape index (κ3) is 4.12. The molecule has 0 heterocycles. The van der Waals surface area contributed by atoms with Crippen LogP contribution >= 0.6 is 11.8 Å². The molecule has 6 heteroatoms. The zero-order valence-corrected chi connectivity index (χ0v) is 11.9. The highest BCUT2D eigenvalue weighted by Crippen LogP contribution is 2.37. The lowest BCUT2D eigenvalue weighted by Crippen LogP contribution is -2.56. The largest absolute Gasteiger partial charge is 0.394 e. The Labute approximate surface area is 113 Å². The second kappa shape index (κ2) is 6.75. The van der Waals surface area contributed by atoms with Crippen LogP contribution in [0.2, 0.25) is 0 Å². The quantitative estimate of drug-likeness (QED) is 0.518. The zero-order valence-electron chi connectivity index (χ0n) is 11.1. The van der Waals surface area contributed by atoms with Gasteiger partial charge < -0.3 is 21.3 Å². The summed E-state index contributed by atoms with van der Waals surface area (Å²) in [5.74, 6) is 0.208. The molecule has 106 valence electrons. The number of amides is 1. The normalized spacial score (nSPS) is 29.7. The second-order valence-corrected chi connectivity index (χ2v) is 6.61.